The van der Waals surface area contributed by atoms with Gasteiger partial charge in [0.05, 0.1) is 17.8 Å². The molecule has 2 rings (SSSR count). The standard InChI is InChI=1S/C16H16BrClN4O2/c1-23-14-7-11(8-21-22-16(19)20)6-13(17)15(14)24-9-10-2-4-12(18)5-3-10/h2-8H,9H2,1H3,(H4,19,20,22)/b21-8+. The molecule has 4 N–H and O–H groups in total. The monoisotopic (exact) mass is 410 g/mol. The van der Waals surface area contributed by atoms with E-state index in [1.807, 2.05) is 30.3 Å². The third-order valence-corrected chi connectivity index (χ3v) is 3.77. The summed E-state index contributed by atoms with van der Waals surface area (Å²) >= 11 is 9.35. The lowest BCUT2D eigenvalue weighted by Crippen LogP contribution is -2.21. The second-order valence-corrected chi connectivity index (χ2v) is 6.01. The molecule has 0 saturated heterocycles. The van der Waals surface area contributed by atoms with Crippen LogP contribution in [0.4, 0.5) is 0 Å². The maximum absolute atomic E-state index is 5.87. The van der Waals surface area contributed by atoms with Crippen LogP contribution in [0.25, 0.3) is 0 Å². The summed E-state index contributed by atoms with van der Waals surface area (Å²) < 4.78 is 12.0. The second-order valence-electron chi connectivity index (χ2n) is 4.72. The molecule has 0 aliphatic heterocycles. The fourth-order valence-corrected chi connectivity index (χ4v) is 2.55. The summed E-state index contributed by atoms with van der Waals surface area (Å²) in [5.41, 5.74) is 12.2. The summed E-state index contributed by atoms with van der Waals surface area (Å²) in [7, 11) is 1.56. The molecule has 126 valence electrons. The van der Waals surface area contributed by atoms with Gasteiger partial charge in [0, 0.05) is 5.02 Å². The van der Waals surface area contributed by atoms with Crippen molar-refractivity contribution in [1.29, 1.82) is 0 Å². The highest BCUT2D eigenvalue weighted by atomic mass is 79.9. The van der Waals surface area contributed by atoms with Gasteiger partial charge < -0.3 is 20.9 Å². The van der Waals surface area contributed by atoms with Crippen molar-refractivity contribution in [2.24, 2.45) is 21.7 Å². The number of nitrogens with two attached hydrogens (primary N) is 2. The quantitative estimate of drug-likeness (QED) is 0.433. The molecular formula is C16H16BrClN4O2. The fourth-order valence-electron chi connectivity index (χ4n) is 1.85. The van der Waals surface area contributed by atoms with Gasteiger partial charge in [0.2, 0.25) is 5.96 Å². The van der Waals surface area contributed by atoms with E-state index in [9.17, 15) is 0 Å². The van der Waals surface area contributed by atoms with Gasteiger partial charge in [-0.1, -0.05) is 23.7 Å². The zero-order chi connectivity index (χ0) is 17.5. The predicted octanol–water partition coefficient (Wildman–Crippen LogP) is 3.30. The fraction of sp³-hybridized carbons (Fsp3) is 0.125. The van der Waals surface area contributed by atoms with Gasteiger partial charge in [-0.2, -0.15) is 5.10 Å². The van der Waals surface area contributed by atoms with Crippen LogP contribution in [-0.4, -0.2) is 19.3 Å². The number of benzene rings is 2. The molecule has 0 spiro atoms. The predicted molar refractivity (Wildman–Crippen MR) is 99.9 cm³/mol. The van der Waals surface area contributed by atoms with Crippen molar-refractivity contribution >= 4 is 39.7 Å². The normalized spacial score (nSPS) is 10.6. The SMILES string of the molecule is COc1cc(/C=N/N=C(N)N)cc(Br)c1OCc1ccc(Cl)cc1. The van der Waals surface area contributed by atoms with E-state index < -0.39 is 0 Å². The van der Waals surface area contributed by atoms with E-state index in [4.69, 9.17) is 32.5 Å². The molecule has 0 fully saturated rings. The third kappa shape index (κ3) is 5.14. The summed E-state index contributed by atoms with van der Waals surface area (Å²) in [6, 6.07) is 11.0. The van der Waals surface area contributed by atoms with E-state index in [-0.39, 0.29) is 5.96 Å². The van der Waals surface area contributed by atoms with Crippen molar-refractivity contribution in [2.45, 2.75) is 6.61 Å². The minimum Gasteiger partial charge on any atom is -0.493 e. The van der Waals surface area contributed by atoms with Crippen molar-refractivity contribution in [1.82, 2.24) is 0 Å². The summed E-state index contributed by atoms with van der Waals surface area (Å²) in [6.45, 7) is 0.383. The van der Waals surface area contributed by atoms with E-state index in [1.165, 1.54) is 6.21 Å². The second kappa shape index (κ2) is 8.56. The zero-order valence-corrected chi connectivity index (χ0v) is 15.2. The van der Waals surface area contributed by atoms with Crippen LogP contribution in [0.15, 0.2) is 51.1 Å². The maximum atomic E-state index is 5.87. The van der Waals surface area contributed by atoms with E-state index in [0.29, 0.717) is 23.1 Å². The molecule has 0 heterocycles. The molecule has 0 radical (unpaired) electrons. The Morgan fingerprint density at radius 3 is 2.58 bits per heavy atom. The molecule has 6 nitrogen and oxygen atoms in total. The molecule has 0 aliphatic carbocycles. The summed E-state index contributed by atoms with van der Waals surface area (Å²) in [5, 5.41) is 8.01. The lowest BCUT2D eigenvalue weighted by Gasteiger charge is -2.13. The van der Waals surface area contributed by atoms with Crippen LogP contribution in [0.5, 0.6) is 11.5 Å². The molecule has 0 saturated carbocycles. The number of guanidine groups is 1. The van der Waals surface area contributed by atoms with Gasteiger partial charge in [-0.15, -0.1) is 5.10 Å². The Labute approximate surface area is 153 Å². The van der Waals surface area contributed by atoms with Crippen LogP contribution in [0.3, 0.4) is 0 Å². The Balaban J connectivity index is 2.18. The summed E-state index contributed by atoms with van der Waals surface area (Å²) in [6.07, 6.45) is 1.51. The van der Waals surface area contributed by atoms with Gasteiger partial charge in [0.15, 0.2) is 11.5 Å². The highest BCUT2D eigenvalue weighted by molar-refractivity contribution is 9.10. The van der Waals surface area contributed by atoms with Crippen molar-refractivity contribution < 1.29 is 9.47 Å². The lowest BCUT2D eigenvalue weighted by atomic mass is 10.2. The smallest absolute Gasteiger partial charge is 0.211 e. The van der Waals surface area contributed by atoms with Crippen LogP contribution in [-0.2, 0) is 6.61 Å². The Bertz CT molecular complexity index is 759. The first-order valence-electron chi connectivity index (χ1n) is 6.86. The number of hydrogen-bond acceptors (Lipinski definition) is 4. The minimum absolute atomic E-state index is 0.111. The number of nitrogens with zero attached hydrogens (tertiary/aromatic N) is 2. The number of rotatable bonds is 6. The third-order valence-electron chi connectivity index (χ3n) is 2.93. The van der Waals surface area contributed by atoms with Crippen molar-refractivity contribution in [3.8, 4) is 11.5 Å². The van der Waals surface area contributed by atoms with Crippen LogP contribution < -0.4 is 20.9 Å². The minimum atomic E-state index is -0.111. The van der Waals surface area contributed by atoms with Gasteiger partial charge in [-0.05, 0) is 51.3 Å². The summed E-state index contributed by atoms with van der Waals surface area (Å²) in [4.78, 5) is 0. The summed E-state index contributed by atoms with van der Waals surface area (Å²) in [5.74, 6) is 1.04. The first-order valence-corrected chi connectivity index (χ1v) is 8.03. The van der Waals surface area contributed by atoms with Crippen molar-refractivity contribution in [2.75, 3.05) is 7.11 Å². The molecule has 0 amide bonds. The Morgan fingerprint density at radius 1 is 1.25 bits per heavy atom. The maximum Gasteiger partial charge on any atom is 0.211 e. The first kappa shape index (κ1) is 18.1. The van der Waals surface area contributed by atoms with Crippen molar-refractivity contribution in [3.05, 3.63) is 57.0 Å². The van der Waals surface area contributed by atoms with E-state index in [2.05, 4.69) is 26.1 Å². The van der Waals surface area contributed by atoms with Gasteiger partial charge in [0.1, 0.15) is 6.61 Å². The van der Waals surface area contributed by atoms with E-state index >= 15 is 0 Å². The van der Waals surface area contributed by atoms with Crippen LogP contribution in [0.2, 0.25) is 5.02 Å². The van der Waals surface area contributed by atoms with Crippen LogP contribution in [0, 0.1) is 0 Å². The Hall–Kier alpha value is -2.25. The first-order chi connectivity index (χ1) is 11.5. The average molecular weight is 412 g/mol. The number of hydrogen-bond donors (Lipinski definition) is 2. The lowest BCUT2D eigenvalue weighted by molar-refractivity contribution is 0.282. The van der Waals surface area contributed by atoms with E-state index in [1.54, 1.807) is 13.2 Å². The molecule has 24 heavy (non-hydrogen) atoms. The largest absolute Gasteiger partial charge is 0.493 e. The molecule has 0 bridgehead atoms. The highest BCUT2D eigenvalue weighted by Crippen LogP contribution is 2.36. The number of halogens is 2. The molecule has 0 atom stereocenters. The van der Waals surface area contributed by atoms with Crippen LogP contribution in [0.1, 0.15) is 11.1 Å². The Kier molecular flexibility index (Phi) is 6.45. The molecule has 0 unspecified atom stereocenters. The average Bonchev–Trinajstić information content (AvgIpc) is 2.54. The molecule has 8 heteroatoms. The van der Waals surface area contributed by atoms with Crippen molar-refractivity contribution in [3.63, 3.8) is 0 Å². The molecule has 2 aromatic rings. The van der Waals surface area contributed by atoms with E-state index in [0.717, 1.165) is 15.6 Å². The topological polar surface area (TPSA) is 95.2 Å². The molecule has 2 aromatic carbocycles. The zero-order valence-electron chi connectivity index (χ0n) is 12.9. The number of methoxy groups -OCH3 is 1. The van der Waals surface area contributed by atoms with Gasteiger partial charge in [-0.25, -0.2) is 0 Å². The highest BCUT2D eigenvalue weighted by Gasteiger charge is 2.11. The Morgan fingerprint density at radius 2 is 1.96 bits per heavy atom. The molecule has 0 aromatic heterocycles. The molecular weight excluding hydrogens is 396 g/mol. The van der Waals surface area contributed by atoms with Crippen LogP contribution >= 0.6 is 27.5 Å². The van der Waals surface area contributed by atoms with Gasteiger partial charge in [-0.3, -0.25) is 0 Å². The van der Waals surface area contributed by atoms with Gasteiger partial charge in [0.25, 0.3) is 0 Å². The number of ether oxygens (including phenoxy) is 2. The van der Waals surface area contributed by atoms with Gasteiger partial charge >= 0.3 is 0 Å². The molecule has 0 aliphatic rings.